The topological polar surface area (TPSA) is 44.4 Å². The zero-order chi connectivity index (χ0) is 16.4. The van der Waals surface area contributed by atoms with Gasteiger partial charge in [-0.25, -0.2) is 0 Å². The van der Waals surface area contributed by atoms with E-state index in [1.165, 1.54) is 24.0 Å². The summed E-state index contributed by atoms with van der Waals surface area (Å²) in [5, 5.41) is 6.80. The molecule has 25 heavy (non-hydrogen) atoms. The molecule has 2 aliphatic rings. The molecule has 4 nitrogen and oxygen atoms in total. The second kappa shape index (κ2) is 9.77. The summed E-state index contributed by atoms with van der Waals surface area (Å²) in [7, 11) is 4.11. The van der Waals surface area contributed by atoms with E-state index in [9.17, 15) is 4.79 Å². The lowest BCUT2D eigenvalue weighted by Gasteiger charge is -2.28. The number of piperidine rings is 1. The predicted octanol–water partition coefficient (Wildman–Crippen LogP) is 3.76. The fourth-order valence-electron chi connectivity index (χ4n) is 4.12. The summed E-state index contributed by atoms with van der Waals surface area (Å²) >= 11 is 0. The molecular formula is C19H31Cl2N3O. The molecule has 0 aliphatic carbocycles. The number of benzene rings is 1. The number of hydrogen-bond acceptors (Lipinski definition) is 3. The van der Waals surface area contributed by atoms with Crippen LogP contribution in [-0.4, -0.2) is 37.0 Å². The summed E-state index contributed by atoms with van der Waals surface area (Å²) in [6.07, 6.45) is 5.54. The number of hydrogen-bond donors (Lipinski definition) is 2. The van der Waals surface area contributed by atoms with Crippen molar-refractivity contribution in [1.29, 1.82) is 0 Å². The van der Waals surface area contributed by atoms with Crippen LogP contribution in [-0.2, 0) is 11.3 Å². The molecule has 142 valence electrons. The smallest absolute Gasteiger partial charge is 0.224 e. The van der Waals surface area contributed by atoms with Gasteiger partial charge in [-0.3, -0.25) is 4.79 Å². The maximum absolute atomic E-state index is 12.5. The molecule has 2 aliphatic heterocycles. The van der Waals surface area contributed by atoms with Crippen LogP contribution in [0.5, 0.6) is 0 Å². The summed E-state index contributed by atoms with van der Waals surface area (Å²) in [6.45, 7) is 2.93. The Hall–Kier alpha value is -0.810. The van der Waals surface area contributed by atoms with Gasteiger partial charge in [-0.15, -0.1) is 24.8 Å². The molecule has 2 saturated heterocycles. The standard InChI is InChI=1S/C19H29N3O.2ClH/c1-13-4-7-18(15(8-13)12-22(2)3)21-19(23)11-14-9-16-5-6-17(10-14)20-16;;/h4,7-8,14,16-17,20H,5-6,9-12H2,1-3H3,(H,21,23);2*1H. The van der Waals surface area contributed by atoms with Crippen molar-refractivity contribution in [2.24, 2.45) is 5.92 Å². The maximum Gasteiger partial charge on any atom is 0.224 e. The molecule has 1 aromatic carbocycles. The lowest BCUT2D eigenvalue weighted by Crippen LogP contribution is -2.39. The number of halogens is 2. The predicted molar refractivity (Wildman–Crippen MR) is 109 cm³/mol. The van der Waals surface area contributed by atoms with Crippen molar-refractivity contribution in [2.75, 3.05) is 19.4 Å². The van der Waals surface area contributed by atoms with E-state index in [1.807, 2.05) is 6.07 Å². The number of nitrogens with zero attached hydrogens (tertiary/aromatic N) is 1. The summed E-state index contributed by atoms with van der Waals surface area (Å²) in [5.41, 5.74) is 3.38. The highest BCUT2D eigenvalue weighted by Crippen LogP contribution is 2.33. The molecule has 3 rings (SSSR count). The van der Waals surface area contributed by atoms with E-state index in [0.29, 0.717) is 24.4 Å². The number of amides is 1. The van der Waals surface area contributed by atoms with Gasteiger partial charge in [-0.2, -0.15) is 0 Å². The molecule has 0 radical (unpaired) electrons. The third-order valence-electron chi connectivity index (χ3n) is 5.07. The Labute approximate surface area is 163 Å². The van der Waals surface area contributed by atoms with Crippen LogP contribution in [0, 0.1) is 12.8 Å². The highest BCUT2D eigenvalue weighted by Gasteiger charge is 2.34. The molecule has 0 aromatic heterocycles. The zero-order valence-corrected chi connectivity index (χ0v) is 17.0. The van der Waals surface area contributed by atoms with Crippen LogP contribution in [0.1, 0.15) is 43.2 Å². The molecule has 2 unspecified atom stereocenters. The lowest BCUT2D eigenvalue weighted by atomic mass is 9.89. The molecule has 6 heteroatoms. The van der Waals surface area contributed by atoms with Gasteiger partial charge in [0.1, 0.15) is 0 Å². The van der Waals surface area contributed by atoms with Gasteiger partial charge < -0.3 is 15.5 Å². The molecule has 2 bridgehead atoms. The highest BCUT2D eigenvalue weighted by atomic mass is 35.5. The van der Waals surface area contributed by atoms with Gasteiger partial charge in [0.25, 0.3) is 0 Å². The SMILES string of the molecule is Cc1ccc(NC(=O)CC2CC3CCC(C2)N3)c(CN(C)C)c1.Cl.Cl. The average molecular weight is 388 g/mol. The molecule has 0 spiro atoms. The third-order valence-corrected chi connectivity index (χ3v) is 5.07. The van der Waals surface area contributed by atoms with E-state index < -0.39 is 0 Å². The fourth-order valence-corrected chi connectivity index (χ4v) is 4.12. The van der Waals surface area contributed by atoms with Crippen molar-refractivity contribution in [2.45, 2.75) is 57.7 Å². The maximum atomic E-state index is 12.5. The summed E-state index contributed by atoms with van der Waals surface area (Å²) in [4.78, 5) is 14.6. The van der Waals surface area contributed by atoms with Gasteiger partial charge in [0.2, 0.25) is 5.91 Å². The summed E-state index contributed by atoms with van der Waals surface area (Å²) in [5.74, 6) is 0.705. The quantitative estimate of drug-likeness (QED) is 0.807. The van der Waals surface area contributed by atoms with Crippen LogP contribution in [0.4, 0.5) is 5.69 Å². The van der Waals surface area contributed by atoms with E-state index in [2.05, 4.69) is 48.7 Å². The van der Waals surface area contributed by atoms with E-state index in [1.54, 1.807) is 0 Å². The number of anilines is 1. The van der Waals surface area contributed by atoms with Crippen LogP contribution < -0.4 is 10.6 Å². The first-order valence-electron chi connectivity index (χ1n) is 8.80. The first-order valence-corrected chi connectivity index (χ1v) is 8.80. The van der Waals surface area contributed by atoms with E-state index in [4.69, 9.17) is 0 Å². The Kier molecular flexibility index (Phi) is 8.69. The Morgan fingerprint density at radius 1 is 1.20 bits per heavy atom. The van der Waals surface area contributed by atoms with Crippen LogP contribution in [0.15, 0.2) is 18.2 Å². The number of nitrogens with one attached hydrogen (secondary N) is 2. The van der Waals surface area contributed by atoms with Gasteiger partial charge in [0.05, 0.1) is 0 Å². The average Bonchev–Trinajstić information content (AvgIpc) is 2.80. The summed E-state index contributed by atoms with van der Waals surface area (Å²) in [6, 6.07) is 7.57. The molecular weight excluding hydrogens is 357 g/mol. The Balaban J connectivity index is 0.00000156. The minimum atomic E-state index is 0. The first kappa shape index (κ1) is 22.2. The van der Waals surface area contributed by atoms with Crippen LogP contribution in [0.25, 0.3) is 0 Å². The molecule has 1 aromatic rings. The largest absolute Gasteiger partial charge is 0.326 e. The van der Waals surface area contributed by atoms with Crippen molar-refractivity contribution in [1.82, 2.24) is 10.2 Å². The fraction of sp³-hybridized carbons (Fsp3) is 0.632. The number of carbonyl (C=O) groups is 1. The van der Waals surface area contributed by atoms with Crippen LogP contribution >= 0.6 is 24.8 Å². The van der Waals surface area contributed by atoms with Gasteiger partial charge in [-0.1, -0.05) is 17.7 Å². The summed E-state index contributed by atoms with van der Waals surface area (Å²) < 4.78 is 0. The Morgan fingerprint density at radius 3 is 2.44 bits per heavy atom. The molecule has 1 amide bonds. The van der Waals surface area contributed by atoms with Crippen molar-refractivity contribution < 1.29 is 4.79 Å². The first-order chi connectivity index (χ1) is 11.0. The van der Waals surface area contributed by atoms with Gasteiger partial charge in [0, 0.05) is 30.7 Å². The minimum Gasteiger partial charge on any atom is -0.326 e. The number of carbonyl (C=O) groups excluding carboxylic acids is 1. The zero-order valence-electron chi connectivity index (χ0n) is 15.4. The van der Waals surface area contributed by atoms with Crippen molar-refractivity contribution >= 4 is 36.4 Å². The molecule has 2 fully saturated rings. The normalized spacial score (nSPS) is 24.4. The molecule has 0 saturated carbocycles. The monoisotopic (exact) mass is 387 g/mol. The Morgan fingerprint density at radius 2 is 1.84 bits per heavy atom. The number of aryl methyl sites for hydroxylation is 1. The third kappa shape index (κ3) is 6.14. The minimum absolute atomic E-state index is 0. The highest BCUT2D eigenvalue weighted by molar-refractivity contribution is 5.91. The number of rotatable bonds is 5. The van der Waals surface area contributed by atoms with E-state index >= 15 is 0 Å². The van der Waals surface area contributed by atoms with Gasteiger partial charge in [0.15, 0.2) is 0 Å². The van der Waals surface area contributed by atoms with Crippen LogP contribution in [0.2, 0.25) is 0 Å². The Bertz CT molecular complexity index is 568. The van der Waals surface area contributed by atoms with Gasteiger partial charge in [-0.05, 0) is 64.3 Å². The van der Waals surface area contributed by atoms with E-state index in [-0.39, 0.29) is 30.7 Å². The van der Waals surface area contributed by atoms with Crippen molar-refractivity contribution in [3.8, 4) is 0 Å². The second-order valence-corrected chi connectivity index (χ2v) is 7.63. The van der Waals surface area contributed by atoms with E-state index in [0.717, 1.165) is 25.1 Å². The second-order valence-electron chi connectivity index (χ2n) is 7.63. The molecule has 2 atom stereocenters. The molecule has 2 heterocycles. The van der Waals surface area contributed by atoms with Gasteiger partial charge >= 0.3 is 0 Å². The van der Waals surface area contributed by atoms with Crippen molar-refractivity contribution in [3.05, 3.63) is 29.3 Å². The van der Waals surface area contributed by atoms with Crippen LogP contribution in [0.3, 0.4) is 0 Å². The lowest BCUT2D eigenvalue weighted by molar-refractivity contribution is -0.117. The number of fused-ring (bicyclic) bond motifs is 2. The molecule has 2 N–H and O–H groups in total. The van der Waals surface area contributed by atoms with Crippen molar-refractivity contribution in [3.63, 3.8) is 0 Å².